The zero-order chi connectivity index (χ0) is 15.4. The van der Waals surface area contributed by atoms with Crippen molar-refractivity contribution in [3.8, 4) is 5.75 Å². The lowest BCUT2D eigenvalue weighted by atomic mass is 10.1. The van der Waals surface area contributed by atoms with E-state index in [1.54, 1.807) is 7.11 Å². The highest BCUT2D eigenvalue weighted by atomic mass is 16.5. The summed E-state index contributed by atoms with van der Waals surface area (Å²) in [6.07, 6.45) is 2.50. The molecule has 1 saturated heterocycles. The normalized spacial score (nSPS) is 14.0. The van der Waals surface area contributed by atoms with Crippen molar-refractivity contribution >= 4 is 17.3 Å². The van der Waals surface area contributed by atoms with Crippen LogP contribution in [0.5, 0.6) is 5.75 Å². The van der Waals surface area contributed by atoms with Crippen LogP contribution in [0.3, 0.4) is 0 Å². The molecule has 0 unspecified atom stereocenters. The summed E-state index contributed by atoms with van der Waals surface area (Å²) in [5, 5.41) is 2.89. The fourth-order valence-electron chi connectivity index (χ4n) is 2.68. The maximum absolute atomic E-state index is 12.2. The van der Waals surface area contributed by atoms with Crippen LogP contribution in [0.4, 0.5) is 11.4 Å². The largest absolute Gasteiger partial charge is 0.497 e. The van der Waals surface area contributed by atoms with E-state index in [9.17, 15) is 4.79 Å². The number of nitrogens with one attached hydrogen (secondary N) is 1. The molecule has 0 aromatic heterocycles. The third kappa shape index (κ3) is 3.22. The van der Waals surface area contributed by atoms with E-state index in [0.717, 1.165) is 24.5 Å². The molecule has 0 bridgehead atoms. The molecule has 1 aliphatic rings. The average Bonchev–Trinajstić information content (AvgIpc) is 3.10. The number of amides is 1. The van der Waals surface area contributed by atoms with Crippen LogP contribution < -0.4 is 15.0 Å². The molecule has 0 aliphatic carbocycles. The van der Waals surface area contributed by atoms with Gasteiger partial charge in [-0.25, -0.2) is 0 Å². The number of anilines is 2. The molecule has 1 amide bonds. The number of carbonyl (C=O) groups excluding carboxylic acids is 1. The summed E-state index contributed by atoms with van der Waals surface area (Å²) in [6, 6.07) is 15.1. The number of ether oxygens (including phenoxy) is 1. The Morgan fingerprint density at radius 1 is 1.00 bits per heavy atom. The molecule has 2 aromatic rings. The second kappa shape index (κ2) is 6.52. The summed E-state index contributed by atoms with van der Waals surface area (Å²) in [5.41, 5.74) is 2.62. The van der Waals surface area contributed by atoms with Crippen LogP contribution >= 0.6 is 0 Å². The topological polar surface area (TPSA) is 41.6 Å². The molecule has 0 spiro atoms. The zero-order valence-electron chi connectivity index (χ0n) is 12.7. The summed E-state index contributed by atoms with van der Waals surface area (Å²) >= 11 is 0. The SMILES string of the molecule is COc1ccc(NC(=O)c2ccc(N3CCCC3)cc2)cc1. The van der Waals surface area contributed by atoms with Gasteiger partial charge in [0.15, 0.2) is 0 Å². The third-order valence-corrected chi connectivity index (χ3v) is 3.95. The van der Waals surface area contributed by atoms with Gasteiger partial charge in [-0.15, -0.1) is 0 Å². The Morgan fingerprint density at radius 3 is 2.23 bits per heavy atom. The first-order valence-corrected chi connectivity index (χ1v) is 7.57. The predicted octanol–water partition coefficient (Wildman–Crippen LogP) is 3.55. The van der Waals surface area contributed by atoms with Gasteiger partial charge in [0.05, 0.1) is 7.11 Å². The van der Waals surface area contributed by atoms with E-state index in [1.165, 1.54) is 18.5 Å². The van der Waals surface area contributed by atoms with Crippen LogP contribution in [-0.2, 0) is 0 Å². The lowest BCUT2D eigenvalue weighted by Gasteiger charge is -2.17. The number of methoxy groups -OCH3 is 1. The minimum Gasteiger partial charge on any atom is -0.497 e. The van der Waals surface area contributed by atoms with Gasteiger partial charge in [0.2, 0.25) is 0 Å². The zero-order valence-corrected chi connectivity index (χ0v) is 12.7. The first-order chi connectivity index (χ1) is 10.8. The summed E-state index contributed by atoms with van der Waals surface area (Å²) in [4.78, 5) is 14.6. The van der Waals surface area contributed by atoms with Gasteiger partial charge in [0, 0.05) is 30.0 Å². The number of nitrogens with zero attached hydrogens (tertiary/aromatic N) is 1. The Balaban J connectivity index is 1.66. The molecule has 0 saturated carbocycles. The van der Waals surface area contributed by atoms with Crippen molar-refractivity contribution in [1.29, 1.82) is 0 Å². The summed E-state index contributed by atoms with van der Waals surface area (Å²) in [5.74, 6) is 0.672. The first kappa shape index (κ1) is 14.4. The molecule has 3 rings (SSSR count). The first-order valence-electron chi connectivity index (χ1n) is 7.57. The lowest BCUT2D eigenvalue weighted by molar-refractivity contribution is 0.102. The molecule has 1 fully saturated rings. The average molecular weight is 296 g/mol. The van der Waals surface area contributed by atoms with Gasteiger partial charge in [0.1, 0.15) is 5.75 Å². The van der Waals surface area contributed by atoms with Crippen molar-refractivity contribution < 1.29 is 9.53 Å². The molecule has 2 aromatic carbocycles. The summed E-state index contributed by atoms with van der Waals surface area (Å²) in [6.45, 7) is 2.22. The number of rotatable bonds is 4. The second-order valence-corrected chi connectivity index (χ2v) is 5.42. The van der Waals surface area contributed by atoms with E-state index in [4.69, 9.17) is 4.74 Å². The number of benzene rings is 2. The van der Waals surface area contributed by atoms with Gasteiger partial charge < -0.3 is 15.0 Å². The smallest absolute Gasteiger partial charge is 0.255 e. The molecule has 22 heavy (non-hydrogen) atoms. The van der Waals surface area contributed by atoms with E-state index in [1.807, 2.05) is 48.5 Å². The minimum absolute atomic E-state index is 0.0989. The van der Waals surface area contributed by atoms with Gasteiger partial charge in [-0.2, -0.15) is 0 Å². The molecule has 1 aliphatic heterocycles. The maximum Gasteiger partial charge on any atom is 0.255 e. The number of hydrogen-bond donors (Lipinski definition) is 1. The van der Waals surface area contributed by atoms with Crippen molar-refractivity contribution in [3.63, 3.8) is 0 Å². The van der Waals surface area contributed by atoms with E-state index < -0.39 is 0 Å². The fourth-order valence-corrected chi connectivity index (χ4v) is 2.68. The molecule has 0 radical (unpaired) electrons. The molecular weight excluding hydrogens is 276 g/mol. The molecular formula is C18H20N2O2. The predicted molar refractivity (Wildman–Crippen MR) is 88.8 cm³/mol. The highest BCUT2D eigenvalue weighted by Crippen LogP contribution is 2.21. The van der Waals surface area contributed by atoms with Crippen molar-refractivity contribution in [2.24, 2.45) is 0 Å². The van der Waals surface area contributed by atoms with Gasteiger partial charge in [-0.05, 0) is 61.4 Å². The van der Waals surface area contributed by atoms with Crippen LogP contribution in [-0.4, -0.2) is 26.1 Å². The van der Waals surface area contributed by atoms with Crippen molar-refractivity contribution in [3.05, 3.63) is 54.1 Å². The number of carbonyl (C=O) groups is 1. The van der Waals surface area contributed by atoms with Crippen LogP contribution in [0.2, 0.25) is 0 Å². The highest BCUT2D eigenvalue weighted by Gasteiger charge is 2.13. The van der Waals surface area contributed by atoms with E-state index in [2.05, 4.69) is 10.2 Å². The molecule has 0 atom stereocenters. The third-order valence-electron chi connectivity index (χ3n) is 3.95. The van der Waals surface area contributed by atoms with Gasteiger partial charge in [-0.3, -0.25) is 4.79 Å². The molecule has 1 N–H and O–H groups in total. The van der Waals surface area contributed by atoms with Gasteiger partial charge in [0.25, 0.3) is 5.91 Å². The molecule has 4 heteroatoms. The Kier molecular flexibility index (Phi) is 4.28. The fraction of sp³-hybridized carbons (Fsp3) is 0.278. The molecule has 1 heterocycles. The van der Waals surface area contributed by atoms with E-state index in [-0.39, 0.29) is 5.91 Å². The monoisotopic (exact) mass is 296 g/mol. The Morgan fingerprint density at radius 2 is 1.64 bits per heavy atom. The van der Waals surface area contributed by atoms with Crippen LogP contribution in [0.1, 0.15) is 23.2 Å². The lowest BCUT2D eigenvalue weighted by Crippen LogP contribution is -2.18. The Hall–Kier alpha value is -2.49. The minimum atomic E-state index is -0.0989. The van der Waals surface area contributed by atoms with Crippen LogP contribution in [0.15, 0.2) is 48.5 Å². The quantitative estimate of drug-likeness (QED) is 0.938. The van der Waals surface area contributed by atoms with E-state index in [0.29, 0.717) is 5.56 Å². The standard InChI is InChI=1S/C18H20N2O2/c1-22-17-10-6-15(7-11-17)19-18(21)14-4-8-16(9-5-14)20-12-2-3-13-20/h4-11H,2-3,12-13H2,1H3,(H,19,21). The highest BCUT2D eigenvalue weighted by molar-refractivity contribution is 6.04. The van der Waals surface area contributed by atoms with Crippen LogP contribution in [0, 0.1) is 0 Å². The van der Waals surface area contributed by atoms with Gasteiger partial charge in [-0.1, -0.05) is 0 Å². The van der Waals surface area contributed by atoms with Crippen LogP contribution in [0.25, 0.3) is 0 Å². The second-order valence-electron chi connectivity index (χ2n) is 5.42. The van der Waals surface area contributed by atoms with Crippen molar-refractivity contribution in [2.75, 3.05) is 30.4 Å². The number of hydrogen-bond acceptors (Lipinski definition) is 3. The molecule has 4 nitrogen and oxygen atoms in total. The summed E-state index contributed by atoms with van der Waals surface area (Å²) < 4.78 is 5.10. The Labute approximate surface area is 130 Å². The van der Waals surface area contributed by atoms with E-state index >= 15 is 0 Å². The Bertz CT molecular complexity index is 629. The van der Waals surface area contributed by atoms with Gasteiger partial charge >= 0.3 is 0 Å². The van der Waals surface area contributed by atoms with Crippen molar-refractivity contribution in [1.82, 2.24) is 0 Å². The van der Waals surface area contributed by atoms with Crippen molar-refractivity contribution in [2.45, 2.75) is 12.8 Å². The molecule has 114 valence electrons. The maximum atomic E-state index is 12.2. The summed E-state index contributed by atoms with van der Waals surface area (Å²) in [7, 11) is 1.62.